The molecule has 1 atom stereocenters. The van der Waals surface area contributed by atoms with Gasteiger partial charge in [-0.25, -0.2) is 0 Å². The summed E-state index contributed by atoms with van der Waals surface area (Å²) in [4.78, 5) is 27.8. The van der Waals surface area contributed by atoms with E-state index in [2.05, 4.69) is 0 Å². The first-order chi connectivity index (χ1) is 16.5. The van der Waals surface area contributed by atoms with E-state index in [1.54, 1.807) is 42.5 Å². The lowest BCUT2D eigenvalue weighted by Crippen LogP contribution is -2.31. The van der Waals surface area contributed by atoms with E-state index in [0.29, 0.717) is 53.8 Å². The number of nitrogens with zero attached hydrogens (tertiary/aromatic N) is 1. The summed E-state index contributed by atoms with van der Waals surface area (Å²) in [6, 6.07) is 20.9. The fourth-order valence-electron chi connectivity index (χ4n) is 4.37. The van der Waals surface area contributed by atoms with Crippen LogP contribution < -0.4 is 9.47 Å². The van der Waals surface area contributed by atoms with E-state index in [9.17, 15) is 14.7 Å². The van der Waals surface area contributed by atoms with Gasteiger partial charge in [0.05, 0.1) is 11.6 Å². The Balaban J connectivity index is 1.58. The van der Waals surface area contributed by atoms with Gasteiger partial charge in [0.25, 0.3) is 11.7 Å². The summed E-state index contributed by atoms with van der Waals surface area (Å²) in [5, 5.41) is 11.7. The molecule has 7 heteroatoms. The number of ketones is 1. The number of likely N-dealkylation sites (tertiary alicyclic amines) is 1. The van der Waals surface area contributed by atoms with Crippen LogP contribution >= 0.6 is 11.6 Å². The lowest BCUT2D eigenvalue weighted by Gasteiger charge is -2.25. The molecule has 2 heterocycles. The summed E-state index contributed by atoms with van der Waals surface area (Å²) in [6.45, 7) is 1.15. The SMILES string of the molecule is O=C1C(=O)N(CCc2ccccc2)[C@H](c2cccc(Cl)c2)/C1=C(\O)c1ccc2c(c1)OCCO2. The number of Topliss-reactive ketones (excluding diaryl/α,β-unsaturated/α-hetero) is 1. The van der Waals surface area contributed by atoms with Gasteiger partial charge in [-0.15, -0.1) is 0 Å². The first-order valence-corrected chi connectivity index (χ1v) is 11.4. The van der Waals surface area contributed by atoms with Gasteiger partial charge in [-0.3, -0.25) is 9.59 Å². The number of amides is 1. The molecule has 0 aliphatic carbocycles. The molecule has 2 aliphatic rings. The number of rotatable bonds is 5. The van der Waals surface area contributed by atoms with Crippen molar-refractivity contribution in [2.45, 2.75) is 12.5 Å². The minimum absolute atomic E-state index is 0.0250. The van der Waals surface area contributed by atoms with Crippen LogP contribution in [0.5, 0.6) is 11.5 Å². The van der Waals surface area contributed by atoms with Crippen LogP contribution in [0.3, 0.4) is 0 Å². The summed E-state index contributed by atoms with van der Waals surface area (Å²) in [6.07, 6.45) is 0.564. The minimum atomic E-state index is -0.768. The molecular formula is C27H22ClNO5. The molecule has 0 spiro atoms. The summed E-state index contributed by atoms with van der Waals surface area (Å²) >= 11 is 6.24. The van der Waals surface area contributed by atoms with Crippen LogP contribution in [-0.2, 0) is 16.0 Å². The Morgan fingerprint density at radius 3 is 2.47 bits per heavy atom. The number of ether oxygens (including phenoxy) is 2. The Morgan fingerprint density at radius 2 is 1.71 bits per heavy atom. The molecule has 0 saturated carbocycles. The Hall–Kier alpha value is -3.77. The van der Waals surface area contributed by atoms with Gasteiger partial charge in [0.15, 0.2) is 11.5 Å². The van der Waals surface area contributed by atoms with Crippen molar-refractivity contribution in [3.05, 3.63) is 100 Å². The van der Waals surface area contributed by atoms with E-state index in [4.69, 9.17) is 21.1 Å². The second-order valence-corrected chi connectivity index (χ2v) is 8.58. The van der Waals surface area contributed by atoms with Crippen molar-refractivity contribution in [2.24, 2.45) is 0 Å². The predicted octanol–water partition coefficient (Wildman–Crippen LogP) is 4.78. The van der Waals surface area contributed by atoms with Crippen molar-refractivity contribution >= 4 is 29.1 Å². The van der Waals surface area contributed by atoms with Gasteiger partial charge in [-0.05, 0) is 47.9 Å². The van der Waals surface area contributed by atoms with Crippen LogP contribution in [0.2, 0.25) is 5.02 Å². The quantitative estimate of drug-likeness (QED) is 0.326. The third kappa shape index (κ3) is 4.13. The van der Waals surface area contributed by atoms with Gasteiger partial charge in [-0.2, -0.15) is 0 Å². The third-order valence-corrected chi connectivity index (χ3v) is 6.24. The number of halogens is 1. The van der Waals surface area contributed by atoms with Gasteiger partial charge >= 0.3 is 0 Å². The molecular weight excluding hydrogens is 454 g/mol. The number of benzene rings is 3. The molecule has 1 fully saturated rings. The maximum atomic E-state index is 13.2. The Morgan fingerprint density at radius 1 is 0.941 bits per heavy atom. The van der Waals surface area contributed by atoms with Crippen molar-refractivity contribution in [3.63, 3.8) is 0 Å². The third-order valence-electron chi connectivity index (χ3n) is 6.00. The number of carbonyl (C=O) groups excluding carboxylic acids is 2. The Kier molecular flexibility index (Phi) is 5.99. The van der Waals surface area contributed by atoms with Gasteiger partial charge in [-0.1, -0.05) is 54.1 Å². The van der Waals surface area contributed by atoms with Crippen LogP contribution in [-0.4, -0.2) is 41.5 Å². The van der Waals surface area contributed by atoms with Crippen LogP contribution in [0.15, 0.2) is 78.4 Å². The van der Waals surface area contributed by atoms with Crippen LogP contribution in [0.1, 0.15) is 22.7 Å². The van der Waals surface area contributed by atoms with Crippen molar-refractivity contribution in [3.8, 4) is 11.5 Å². The highest BCUT2D eigenvalue weighted by Crippen LogP contribution is 2.41. The topological polar surface area (TPSA) is 76.1 Å². The maximum Gasteiger partial charge on any atom is 0.295 e. The molecule has 1 amide bonds. The summed E-state index contributed by atoms with van der Waals surface area (Å²) in [7, 11) is 0. The highest BCUT2D eigenvalue weighted by atomic mass is 35.5. The lowest BCUT2D eigenvalue weighted by molar-refractivity contribution is -0.139. The van der Waals surface area contributed by atoms with Gasteiger partial charge < -0.3 is 19.5 Å². The van der Waals surface area contributed by atoms with E-state index in [1.807, 2.05) is 30.3 Å². The Labute approximate surface area is 202 Å². The van der Waals surface area contributed by atoms with Gasteiger partial charge in [0.1, 0.15) is 19.0 Å². The van der Waals surface area contributed by atoms with E-state index >= 15 is 0 Å². The average Bonchev–Trinajstić information content (AvgIpc) is 3.12. The molecule has 34 heavy (non-hydrogen) atoms. The second kappa shape index (κ2) is 9.23. The van der Waals surface area contributed by atoms with Gasteiger partial charge in [0, 0.05) is 17.1 Å². The molecule has 172 valence electrons. The van der Waals surface area contributed by atoms with E-state index < -0.39 is 17.7 Å². The standard InChI is InChI=1S/C27H22ClNO5/c28-20-8-4-7-18(15-20)24-23(25(30)19-9-10-21-22(16-19)34-14-13-33-21)26(31)27(32)29(24)12-11-17-5-2-1-3-6-17/h1-10,15-16,24,30H,11-14H2/b25-23+/t24-/m1/s1. The zero-order chi connectivity index (χ0) is 23.7. The van der Waals surface area contributed by atoms with E-state index in [1.165, 1.54) is 4.90 Å². The monoisotopic (exact) mass is 475 g/mol. The molecule has 3 aromatic rings. The molecule has 3 aromatic carbocycles. The normalized spacial score (nSPS) is 18.9. The molecule has 0 unspecified atom stereocenters. The molecule has 2 aliphatic heterocycles. The summed E-state index contributed by atoms with van der Waals surface area (Å²) < 4.78 is 11.2. The summed E-state index contributed by atoms with van der Waals surface area (Å²) in [5.41, 5.74) is 2.09. The van der Waals surface area contributed by atoms with Crippen molar-refractivity contribution in [2.75, 3.05) is 19.8 Å². The number of hydrogen-bond donors (Lipinski definition) is 1. The maximum absolute atomic E-state index is 13.2. The average molecular weight is 476 g/mol. The molecule has 0 radical (unpaired) electrons. The lowest BCUT2D eigenvalue weighted by atomic mass is 9.95. The molecule has 6 nitrogen and oxygen atoms in total. The van der Waals surface area contributed by atoms with Crippen LogP contribution in [0.25, 0.3) is 5.76 Å². The fraction of sp³-hybridized carbons (Fsp3) is 0.185. The van der Waals surface area contributed by atoms with Gasteiger partial charge in [0.2, 0.25) is 0 Å². The van der Waals surface area contributed by atoms with Crippen molar-refractivity contribution in [1.82, 2.24) is 4.90 Å². The first-order valence-electron chi connectivity index (χ1n) is 11.0. The molecule has 5 rings (SSSR count). The molecule has 1 N–H and O–H groups in total. The Bertz CT molecular complexity index is 1290. The number of carbonyl (C=O) groups is 2. The largest absolute Gasteiger partial charge is 0.507 e. The fourth-order valence-corrected chi connectivity index (χ4v) is 4.57. The van der Waals surface area contributed by atoms with E-state index in [-0.39, 0.29) is 11.3 Å². The van der Waals surface area contributed by atoms with Crippen molar-refractivity contribution < 1.29 is 24.2 Å². The highest BCUT2D eigenvalue weighted by Gasteiger charge is 2.46. The van der Waals surface area contributed by atoms with Crippen molar-refractivity contribution in [1.29, 1.82) is 0 Å². The molecule has 1 saturated heterocycles. The molecule has 0 bridgehead atoms. The van der Waals surface area contributed by atoms with Crippen LogP contribution in [0.4, 0.5) is 0 Å². The predicted molar refractivity (Wildman–Crippen MR) is 128 cm³/mol. The zero-order valence-electron chi connectivity index (χ0n) is 18.2. The first kappa shape index (κ1) is 22.0. The minimum Gasteiger partial charge on any atom is -0.507 e. The number of aliphatic hydroxyl groups excluding tert-OH is 1. The molecule has 0 aromatic heterocycles. The number of aliphatic hydroxyl groups is 1. The smallest absolute Gasteiger partial charge is 0.295 e. The number of hydrogen-bond acceptors (Lipinski definition) is 5. The second-order valence-electron chi connectivity index (χ2n) is 8.14. The number of fused-ring (bicyclic) bond motifs is 1. The highest BCUT2D eigenvalue weighted by molar-refractivity contribution is 6.46. The van der Waals surface area contributed by atoms with E-state index in [0.717, 1.165) is 5.56 Å². The van der Waals surface area contributed by atoms with Crippen LogP contribution in [0, 0.1) is 0 Å². The summed E-state index contributed by atoms with van der Waals surface area (Å²) in [5.74, 6) is -0.599. The zero-order valence-corrected chi connectivity index (χ0v) is 19.0.